The van der Waals surface area contributed by atoms with Gasteiger partial charge >= 0.3 is 0 Å². The summed E-state index contributed by atoms with van der Waals surface area (Å²) in [5.41, 5.74) is 2.86. The number of morpholine rings is 1. The van der Waals surface area contributed by atoms with Crippen LogP contribution in [0.4, 0.5) is 0 Å². The molecule has 2 aromatic carbocycles. The summed E-state index contributed by atoms with van der Waals surface area (Å²) in [6.45, 7) is 3.14. The van der Waals surface area contributed by atoms with E-state index in [9.17, 15) is 4.79 Å². The lowest BCUT2D eigenvalue weighted by atomic mass is 10.0. The summed E-state index contributed by atoms with van der Waals surface area (Å²) in [4.78, 5) is 15.0. The third-order valence-corrected chi connectivity index (χ3v) is 4.74. The van der Waals surface area contributed by atoms with Crippen LogP contribution < -0.4 is 0 Å². The van der Waals surface area contributed by atoms with E-state index in [-0.39, 0.29) is 18.1 Å². The predicted octanol–water partition coefficient (Wildman–Crippen LogP) is 3.09. The van der Waals surface area contributed by atoms with Gasteiger partial charge in [0, 0.05) is 11.9 Å². The van der Waals surface area contributed by atoms with E-state index in [1.165, 1.54) is 0 Å². The summed E-state index contributed by atoms with van der Waals surface area (Å²) in [5.74, 6) is 0.0957. The van der Waals surface area contributed by atoms with E-state index in [4.69, 9.17) is 4.74 Å². The van der Waals surface area contributed by atoms with E-state index in [0.717, 1.165) is 22.2 Å². The van der Waals surface area contributed by atoms with Gasteiger partial charge in [-0.25, -0.2) is 0 Å². The van der Waals surface area contributed by atoms with E-state index >= 15 is 0 Å². The van der Waals surface area contributed by atoms with Gasteiger partial charge in [-0.05, 0) is 18.6 Å². The molecule has 3 aromatic rings. The Morgan fingerprint density at radius 1 is 1.20 bits per heavy atom. The van der Waals surface area contributed by atoms with Crippen LogP contribution in [-0.4, -0.2) is 40.3 Å². The molecule has 1 N–H and O–H groups in total. The van der Waals surface area contributed by atoms with Gasteiger partial charge in [-0.3, -0.25) is 9.89 Å². The molecule has 1 aliphatic heterocycles. The molecule has 0 bridgehead atoms. The lowest BCUT2D eigenvalue weighted by Gasteiger charge is -2.39. The normalized spacial score (nSPS) is 20.8. The number of hydrogen-bond acceptors (Lipinski definition) is 3. The van der Waals surface area contributed by atoms with Gasteiger partial charge in [0.05, 0.1) is 36.4 Å². The minimum atomic E-state index is -0.0425. The quantitative estimate of drug-likeness (QED) is 0.800. The summed E-state index contributed by atoms with van der Waals surface area (Å²) in [7, 11) is 0. The highest BCUT2D eigenvalue weighted by atomic mass is 16.5. The molecule has 0 saturated carbocycles. The van der Waals surface area contributed by atoms with Gasteiger partial charge in [-0.15, -0.1) is 0 Å². The van der Waals surface area contributed by atoms with Crippen molar-refractivity contribution in [1.29, 1.82) is 0 Å². The number of ether oxygens (including phenoxy) is 1. The number of benzene rings is 2. The van der Waals surface area contributed by atoms with Gasteiger partial charge in [-0.1, -0.05) is 48.5 Å². The number of nitrogens with one attached hydrogen (secondary N) is 1. The monoisotopic (exact) mass is 335 g/mol. The molecule has 128 valence electrons. The zero-order valence-corrected chi connectivity index (χ0v) is 14.2. The van der Waals surface area contributed by atoms with Crippen molar-refractivity contribution in [3.8, 4) is 0 Å². The third-order valence-electron chi connectivity index (χ3n) is 4.74. The van der Waals surface area contributed by atoms with Crippen molar-refractivity contribution < 1.29 is 9.53 Å². The van der Waals surface area contributed by atoms with Crippen LogP contribution in [0, 0.1) is 0 Å². The fraction of sp³-hybridized carbons (Fsp3) is 0.300. The zero-order chi connectivity index (χ0) is 17.2. The Morgan fingerprint density at radius 3 is 2.80 bits per heavy atom. The molecule has 0 aliphatic carbocycles. The minimum absolute atomic E-state index is 0.0425. The number of nitrogens with zero attached hydrogens (tertiary/aromatic N) is 2. The van der Waals surface area contributed by atoms with Crippen LogP contribution in [0.25, 0.3) is 10.9 Å². The Labute approximate surface area is 146 Å². The molecule has 1 aromatic heterocycles. The molecule has 5 nitrogen and oxygen atoms in total. The largest absolute Gasteiger partial charge is 0.374 e. The van der Waals surface area contributed by atoms with Gasteiger partial charge in [0.15, 0.2) is 0 Å². The molecule has 0 unspecified atom stereocenters. The van der Waals surface area contributed by atoms with Crippen LogP contribution in [0.3, 0.4) is 0 Å². The van der Waals surface area contributed by atoms with Crippen molar-refractivity contribution >= 4 is 16.8 Å². The van der Waals surface area contributed by atoms with Crippen LogP contribution in [0.5, 0.6) is 0 Å². The molecular weight excluding hydrogens is 314 g/mol. The SMILES string of the molecule is C[C@@H]1CN(C(=O)Cc2[nH]nc3ccccc23)[C@H](c2ccccc2)CO1. The van der Waals surface area contributed by atoms with Crippen LogP contribution >= 0.6 is 0 Å². The first kappa shape index (κ1) is 15.8. The number of rotatable bonds is 3. The van der Waals surface area contributed by atoms with Crippen LogP contribution in [0.2, 0.25) is 0 Å². The Morgan fingerprint density at radius 2 is 1.96 bits per heavy atom. The number of H-pyrrole nitrogens is 1. The average Bonchev–Trinajstić information content (AvgIpc) is 3.05. The minimum Gasteiger partial charge on any atom is -0.374 e. The predicted molar refractivity (Wildman–Crippen MR) is 96.1 cm³/mol. The van der Waals surface area contributed by atoms with Gasteiger partial charge in [0.1, 0.15) is 0 Å². The van der Waals surface area contributed by atoms with Gasteiger partial charge < -0.3 is 9.64 Å². The first-order chi connectivity index (χ1) is 12.2. The maximum Gasteiger partial charge on any atom is 0.229 e. The fourth-order valence-electron chi connectivity index (χ4n) is 3.43. The highest BCUT2D eigenvalue weighted by molar-refractivity contribution is 5.87. The molecule has 5 heteroatoms. The second-order valence-electron chi connectivity index (χ2n) is 6.51. The molecule has 1 aliphatic rings. The summed E-state index contributed by atoms with van der Waals surface area (Å²) in [5, 5.41) is 8.32. The molecule has 1 saturated heterocycles. The molecular formula is C20H21N3O2. The van der Waals surface area contributed by atoms with Gasteiger partial charge in [0.25, 0.3) is 0 Å². The molecule has 2 atom stereocenters. The maximum atomic E-state index is 13.1. The lowest BCUT2D eigenvalue weighted by molar-refractivity contribution is -0.144. The zero-order valence-electron chi connectivity index (χ0n) is 14.2. The Bertz CT molecular complexity index is 875. The lowest BCUT2D eigenvalue weighted by Crippen LogP contribution is -2.47. The fourth-order valence-corrected chi connectivity index (χ4v) is 3.43. The van der Waals surface area contributed by atoms with Crippen molar-refractivity contribution in [1.82, 2.24) is 15.1 Å². The Kier molecular flexibility index (Phi) is 4.24. The smallest absolute Gasteiger partial charge is 0.229 e. The van der Waals surface area contributed by atoms with Gasteiger partial charge in [-0.2, -0.15) is 5.10 Å². The topological polar surface area (TPSA) is 58.2 Å². The highest BCUT2D eigenvalue weighted by Crippen LogP contribution is 2.27. The summed E-state index contributed by atoms with van der Waals surface area (Å²) in [6.07, 6.45) is 0.360. The molecule has 2 heterocycles. The first-order valence-electron chi connectivity index (χ1n) is 8.60. The van der Waals surface area contributed by atoms with Crippen molar-refractivity contribution in [3.05, 3.63) is 65.9 Å². The summed E-state index contributed by atoms with van der Waals surface area (Å²) in [6, 6.07) is 17.9. The molecule has 1 fully saturated rings. The average molecular weight is 335 g/mol. The number of hydrogen-bond donors (Lipinski definition) is 1. The summed E-state index contributed by atoms with van der Waals surface area (Å²) < 4.78 is 5.82. The number of carbonyl (C=O) groups excluding carboxylic acids is 1. The van der Waals surface area contributed by atoms with Crippen LogP contribution in [0.1, 0.15) is 24.2 Å². The van der Waals surface area contributed by atoms with Crippen molar-refractivity contribution in [2.24, 2.45) is 0 Å². The van der Waals surface area contributed by atoms with E-state index in [0.29, 0.717) is 19.6 Å². The second-order valence-corrected chi connectivity index (χ2v) is 6.51. The molecule has 0 radical (unpaired) electrons. The molecule has 0 spiro atoms. The molecule has 25 heavy (non-hydrogen) atoms. The number of fused-ring (bicyclic) bond motifs is 1. The third kappa shape index (κ3) is 3.15. The Balaban J connectivity index is 1.60. The highest BCUT2D eigenvalue weighted by Gasteiger charge is 2.31. The number of aromatic amines is 1. The second kappa shape index (κ2) is 6.69. The first-order valence-corrected chi connectivity index (χ1v) is 8.60. The summed E-state index contributed by atoms with van der Waals surface area (Å²) >= 11 is 0. The van der Waals surface area contributed by atoms with Crippen molar-refractivity contribution in [3.63, 3.8) is 0 Å². The van der Waals surface area contributed by atoms with E-state index in [1.54, 1.807) is 0 Å². The number of aromatic nitrogens is 2. The molecule has 1 amide bonds. The van der Waals surface area contributed by atoms with Crippen molar-refractivity contribution in [2.45, 2.75) is 25.5 Å². The Hall–Kier alpha value is -2.66. The van der Waals surface area contributed by atoms with Gasteiger partial charge in [0.2, 0.25) is 5.91 Å². The number of para-hydroxylation sites is 1. The number of amides is 1. The van der Waals surface area contributed by atoms with E-state index in [1.807, 2.05) is 54.3 Å². The number of carbonyl (C=O) groups is 1. The van der Waals surface area contributed by atoms with E-state index in [2.05, 4.69) is 22.3 Å². The van der Waals surface area contributed by atoms with Crippen molar-refractivity contribution in [2.75, 3.05) is 13.2 Å². The van der Waals surface area contributed by atoms with Crippen LogP contribution in [0.15, 0.2) is 54.6 Å². The standard InChI is InChI=1S/C20H21N3O2/c1-14-12-23(19(13-25-14)15-7-3-2-4-8-15)20(24)11-18-16-9-5-6-10-17(16)21-22-18/h2-10,14,19H,11-13H2,1H3,(H,21,22)/t14-,19+/m1/s1. The van der Waals surface area contributed by atoms with Crippen LogP contribution in [-0.2, 0) is 16.0 Å². The van der Waals surface area contributed by atoms with E-state index < -0.39 is 0 Å². The maximum absolute atomic E-state index is 13.1. The molecule has 4 rings (SSSR count).